The zero-order chi connectivity index (χ0) is 10.3. The third-order valence-corrected chi connectivity index (χ3v) is 4.01. The number of halogens is 1. The van der Waals surface area contributed by atoms with Gasteiger partial charge in [-0.25, -0.2) is 0 Å². The number of rotatable bonds is 1. The first kappa shape index (κ1) is 9.19. The van der Waals surface area contributed by atoms with Crippen LogP contribution in [0, 0.1) is 0 Å². The van der Waals surface area contributed by atoms with Crippen LogP contribution in [0.15, 0.2) is 46.4 Å². The Morgan fingerprint density at radius 2 is 2.07 bits per heavy atom. The summed E-state index contributed by atoms with van der Waals surface area (Å²) in [6.07, 6.45) is 2.07. The van der Waals surface area contributed by atoms with Crippen LogP contribution in [0.3, 0.4) is 0 Å². The number of H-pyrrole nitrogens is 1. The van der Waals surface area contributed by atoms with E-state index in [1.165, 1.54) is 21.3 Å². The van der Waals surface area contributed by atoms with Crippen LogP contribution in [0.25, 0.3) is 21.3 Å². The van der Waals surface area contributed by atoms with E-state index < -0.39 is 0 Å². The van der Waals surface area contributed by atoms with Crippen molar-refractivity contribution in [1.82, 2.24) is 4.98 Å². The first-order chi connectivity index (χ1) is 7.36. The van der Waals surface area contributed by atoms with Crippen LogP contribution in [-0.4, -0.2) is 4.98 Å². The fourth-order valence-electron chi connectivity index (χ4n) is 1.77. The molecule has 0 bridgehead atoms. The smallest absolute Gasteiger partial charge is 0.0472 e. The minimum Gasteiger partial charge on any atom is -0.360 e. The molecule has 3 heteroatoms. The van der Waals surface area contributed by atoms with Gasteiger partial charge in [0.2, 0.25) is 0 Å². The predicted molar refractivity (Wildman–Crippen MR) is 69.3 cm³/mol. The number of hydrogen-bond donors (Lipinski definition) is 1. The summed E-state index contributed by atoms with van der Waals surface area (Å²) in [6.45, 7) is 0. The Morgan fingerprint density at radius 1 is 1.13 bits per heavy atom. The molecule has 0 aliphatic rings. The monoisotopic (exact) mass is 277 g/mol. The normalized spacial score (nSPS) is 11.0. The Balaban J connectivity index is 2.37. The van der Waals surface area contributed by atoms with Crippen LogP contribution in [0.4, 0.5) is 0 Å². The molecule has 1 N–H and O–H groups in total. The molecule has 1 aromatic carbocycles. The van der Waals surface area contributed by atoms with E-state index in [0.29, 0.717) is 0 Å². The third-order valence-electron chi connectivity index (χ3n) is 2.44. The van der Waals surface area contributed by atoms with E-state index in [0.717, 1.165) is 4.47 Å². The molecule has 0 saturated carbocycles. The molecule has 0 atom stereocenters. The Bertz CT molecular complexity index is 595. The summed E-state index contributed by atoms with van der Waals surface area (Å²) in [5, 5.41) is 3.37. The molecule has 0 fully saturated rings. The van der Waals surface area contributed by atoms with Gasteiger partial charge in [0.15, 0.2) is 0 Å². The molecule has 0 amide bonds. The van der Waals surface area contributed by atoms with Crippen LogP contribution < -0.4 is 0 Å². The van der Waals surface area contributed by atoms with E-state index in [-0.39, 0.29) is 0 Å². The van der Waals surface area contributed by atoms with Crippen LogP contribution in [0.5, 0.6) is 0 Å². The summed E-state index contributed by atoms with van der Waals surface area (Å²) in [5.74, 6) is 0. The predicted octanol–water partition coefficient (Wildman–Crippen LogP) is 4.66. The van der Waals surface area contributed by atoms with Crippen molar-refractivity contribution in [2.75, 3.05) is 0 Å². The third kappa shape index (κ3) is 1.43. The van der Waals surface area contributed by atoms with E-state index >= 15 is 0 Å². The summed E-state index contributed by atoms with van der Waals surface area (Å²) in [4.78, 5) is 4.59. The van der Waals surface area contributed by atoms with Crippen LogP contribution in [-0.2, 0) is 0 Å². The average Bonchev–Trinajstić information content (AvgIpc) is 2.85. The van der Waals surface area contributed by atoms with E-state index in [1.54, 1.807) is 11.3 Å². The number of aromatic amines is 1. The SMILES string of the molecule is Brc1cccc2[nH]cc(-c3cccs3)c12. The Morgan fingerprint density at radius 3 is 2.87 bits per heavy atom. The van der Waals surface area contributed by atoms with Gasteiger partial charge in [0.25, 0.3) is 0 Å². The zero-order valence-electron chi connectivity index (χ0n) is 7.83. The molecular formula is C12H8BrNS. The van der Waals surface area contributed by atoms with Gasteiger partial charge in [0.1, 0.15) is 0 Å². The molecule has 0 aliphatic carbocycles. The molecule has 2 heterocycles. The lowest BCUT2D eigenvalue weighted by Crippen LogP contribution is -1.71. The molecule has 3 aromatic rings. The highest BCUT2D eigenvalue weighted by atomic mass is 79.9. The van der Waals surface area contributed by atoms with Crippen LogP contribution in [0.2, 0.25) is 0 Å². The highest BCUT2D eigenvalue weighted by Gasteiger charge is 2.08. The molecule has 0 unspecified atom stereocenters. The number of fused-ring (bicyclic) bond motifs is 1. The van der Waals surface area contributed by atoms with Crippen molar-refractivity contribution in [2.45, 2.75) is 0 Å². The lowest BCUT2D eigenvalue weighted by atomic mass is 10.1. The standard InChI is InChI=1S/C12H8BrNS/c13-9-3-1-4-10-12(9)8(7-14-10)11-5-2-6-15-11/h1-7,14H. The largest absolute Gasteiger partial charge is 0.360 e. The van der Waals surface area contributed by atoms with Crippen molar-refractivity contribution in [3.8, 4) is 10.4 Å². The van der Waals surface area contributed by atoms with Gasteiger partial charge in [-0.3, -0.25) is 0 Å². The van der Waals surface area contributed by atoms with Crippen molar-refractivity contribution in [1.29, 1.82) is 0 Å². The van der Waals surface area contributed by atoms with Gasteiger partial charge < -0.3 is 4.98 Å². The number of aromatic nitrogens is 1. The Kier molecular flexibility index (Phi) is 2.15. The van der Waals surface area contributed by atoms with Gasteiger partial charge >= 0.3 is 0 Å². The van der Waals surface area contributed by atoms with E-state index in [4.69, 9.17) is 0 Å². The molecule has 3 rings (SSSR count). The van der Waals surface area contributed by atoms with Crippen molar-refractivity contribution >= 4 is 38.2 Å². The maximum Gasteiger partial charge on any atom is 0.0472 e. The lowest BCUT2D eigenvalue weighted by molar-refractivity contribution is 1.48. The minimum atomic E-state index is 1.14. The summed E-state index contributed by atoms with van der Waals surface area (Å²) in [7, 11) is 0. The Labute approximate surface area is 99.9 Å². The van der Waals surface area contributed by atoms with Gasteiger partial charge in [-0.1, -0.05) is 28.1 Å². The second kappa shape index (κ2) is 3.51. The number of hydrogen-bond acceptors (Lipinski definition) is 1. The Hall–Kier alpha value is -1.06. The molecule has 0 aliphatic heterocycles. The van der Waals surface area contributed by atoms with Crippen molar-refractivity contribution < 1.29 is 0 Å². The molecule has 0 spiro atoms. The maximum absolute atomic E-state index is 3.60. The summed E-state index contributed by atoms with van der Waals surface area (Å²) >= 11 is 5.36. The average molecular weight is 278 g/mol. The molecule has 15 heavy (non-hydrogen) atoms. The van der Waals surface area contributed by atoms with E-state index in [2.05, 4.69) is 56.8 Å². The van der Waals surface area contributed by atoms with Crippen molar-refractivity contribution in [2.24, 2.45) is 0 Å². The number of benzene rings is 1. The minimum absolute atomic E-state index is 1.14. The first-order valence-corrected chi connectivity index (χ1v) is 6.33. The summed E-state index contributed by atoms with van der Waals surface area (Å²) in [5.41, 5.74) is 2.44. The number of thiophene rings is 1. The molecule has 0 radical (unpaired) electrons. The van der Waals surface area contributed by atoms with E-state index in [1.807, 2.05) is 6.07 Å². The van der Waals surface area contributed by atoms with Gasteiger partial charge in [-0.2, -0.15) is 0 Å². The second-order valence-corrected chi connectivity index (χ2v) is 5.14. The molecular weight excluding hydrogens is 270 g/mol. The van der Waals surface area contributed by atoms with Crippen molar-refractivity contribution in [3.05, 3.63) is 46.4 Å². The molecule has 74 valence electrons. The molecule has 1 nitrogen and oxygen atoms in total. The van der Waals surface area contributed by atoms with Gasteiger partial charge in [-0.15, -0.1) is 11.3 Å². The first-order valence-electron chi connectivity index (χ1n) is 4.66. The highest BCUT2D eigenvalue weighted by molar-refractivity contribution is 9.10. The molecule has 0 saturated heterocycles. The number of nitrogens with one attached hydrogen (secondary N) is 1. The fourth-order valence-corrected chi connectivity index (χ4v) is 3.10. The highest BCUT2D eigenvalue weighted by Crippen LogP contribution is 2.35. The summed E-state index contributed by atoms with van der Waals surface area (Å²) < 4.78 is 1.14. The second-order valence-electron chi connectivity index (χ2n) is 3.34. The van der Waals surface area contributed by atoms with Crippen LogP contribution >= 0.6 is 27.3 Å². The van der Waals surface area contributed by atoms with Crippen LogP contribution in [0.1, 0.15) is 0 Å². The topological polar surface area (TPSA) is 15.8 Å². The summed E-state index contributed by atoms with van der Waals surface area (Å²) in [6, 6.07) is 10.4. The van der Waals surface area contributed by atoms with E-state index in [9.17, 15) is 0 Å². The van der Waals surface area contributed by atoms with Crippen molar-refractivity contribution in [3.63, 3.8) is 0 Å². The zero-order valence-corrected chi connectivity index (χ0v) is 10.2. The quantitative estimate of drug-likeness (QED) is 0.666. The molecule has 2 aromatic heterocycles. The fraction of sp³-hybridized carbons (Fsp3) is 0. The van der Waals surface area contributed by atoms with Gasteiger partial charge in [-0.05, 0) is 23.6 Å². The lowest BCUT2D eigenvalue weighted by Gasteiger charge is -1.97. The van der Waals surface area contributed by atoms with Gasteiger partial charge in [0.05, 0.1) is 0 Å². The maximum atomic E-state index is 3.60. The van der Waals surface area contributed by atoms with Gasteiger partial charge in [0, 0.05) is 32.0 Å².